The van der Waals surface area contributed by atoms with Gasteiger partial charge in [-0.15, -0.1) is 11.3 Å². The Morgan fingerprint density at radius 3 is 1.63 bits per heavy atom. The summed E-state index contributed by atoms with van der Waals surface area (Å²) < 4.78 is 47.2. The molecule has 93 heavy (non-hydrogen) atoms. The SMILES string of the molecule is Cc1ccc2c(c1)C(C)(C)c1ccccc1-2.Cc1ccc2c(c1)c1ccccc1n2-c1ccccc1.Cc1ccc2c(c1)oc1ccccc12.Cc1ccc2c(c1)sc1ccccc12.Cc1ccc2ccccc2c1.Cc1cccc2ccccc12.[2H]c1c([2H])c([2H])c(C)c([2H])c1[2H]. The van der Waals surface area contributed by atoms with E-state index >= 15 is 0 Å². The van der Waals surface area contributed by atoms with E-state index in [2.05, 4.69) is 327 Å². The molecule has 1 aliphatic carbocycles. The fourth-order valence-electron chi connectivity index (χ4n) is 12.4. The summed E-state index contributed by atoms with van der Waals surface area (Å²) in [6.07, 6.45) is 0. The number of furan rings is 1. The second kappa shape index (κ2) is 28.3. The lowest BCUT2D eigenvalue weighted by atomic mass is 9.82. The lowest BCUT2D eigenvalue weighted by molar-refractivity contribution is 0.660. The molecule has 0 N–H and O–H groups in total. The second-order valence-corrected chi connectivity index (χ2v) is 25.6. The van der Waals surface area contributed by atoms with Crippen LogP contribution in [0.25, 0.3) is 102 Å². The van der Waals surface area contributed by atoms with Gasteiger partial charge >= 0.3 is 0 Å². The highest BCUT2D eigenvalue weighted by molar-refractivity contribution is 7.25. The summed E-state index contributed by atoms with van der Waals surface area (Å²) in [6.45, 7) is 18.9. The minimum atomic E-state index is -0.337. The van der Waals surface area contributed by atoms with Crippen molar-refractivity contribution in [2.75, 3.05) is 0 Å². The topological polar surface area (TPSA) is 18.1 Å². The summed E-state index contributed by atoms with van der Waals surface area (Å²) >= 11 is 1.88. The quantitative estimate of drug-likeness (QED) is 0.160. The van der Waals surface area contributed by atoms with E-state index < -0.39 is 0 Å². The van der Waals surface area contributed by atoms with E-state index in [9.17, 15) is 0 Å². The molecule has 0 unspecified atom stereocenters. The second-order valence-electron chi connectivity index (χ2n) is 24.5. The first-order valence-electron chi connectivity index (χ1n) is 34.3. The van der Waals surface area contributed by atoms with Crippen LogP contribution in [0.3, 0.4) is 0 Å². The highest BCUT2D eigenvalue weighted by Gasteiger charge is 2.34. The number of nitrogens with zero attached hydrogens (tertiary/aromatic N) is 1. The molecule has 0 radical (unpaired) electrons. The van der Waals surface area contributed by atoms with E-state index in [1.807, 2.05) is 29.5 Å². The standard InChI is InChI=1S/C19H15N.C16H16.C13H10O.C13H10S.2C11H10.C7H8/c1-14-11-12-19-17(13-14)16-9-5-6-10-18(16)20(19)15-7-3-2-4-8-15;1-11-8-9-13-12-6-4-5-7-14(12)16(2,3)15(13)10-11;2*1-9-6-7-11-10-4-2-3-5-12(10)14-13(11)8-9;1-9-5-4-7-10-6-2-3-8-11(9)10;1-9-6-7-10-4-2-3-5-11(10)8-9;1-7-5-3-2-4-6-7/h2-13H,1H3;4-10H,1-3H3;2*2-8H,1H3;2*2-8H,1H3;2-6H,1H3/i;;;;;;2D,3D,4D,5D,6D. The number of aryl methyl sites for hydroxylation is 6. The van der Waals surface area contributed by atoms with Crippen molar-refractivity contribution in [3.8, 4) is 16.8 Å². The van der Waals surface area contributed by atoms with Gasteiger partial charge in [-0.2, -0.15) is 0 Å². The first-order chi connectivity index (χ1) is 47.3. The highest BCUT2D eigenvalue weighted by Crippen LogP contribution is 2.48. The summed E-state index contributed by atoms with van der Waals surface area (Å²) in [4.78, 5) is 0. The van der Waals surface area contributed by atoms with E-state index in [1.165, 1.54) is 143 Å². The molecule has 0 atom stereocenters. The molecule has 14 aromatic carbocycles. The van der Waals surface area contributed by atoms with Crippen molar-refractivity contribution in [3.63, 3.8) is 0 Å². The molecule has 1 aliphatic rings. The number of rotatable bonds is 1. The van der Waals surface area contributed by atoms with Gasteiger partial charge in [-0.3, -0.25) is 0 Å². The Hall–Kier alpha value is -10.6. The van der Waals surface area contributed by atoms with Crippen LogP contribution >= 0.6 is 11.3 Å². The fraction of sp³-hybridized carbons (Fsp3) is 0.111. The minimum Gasteiger partial charge on any atom is -0.456 e. The summed E-state index contributed by atoms with van der Waals surface area (Å²) in [6, 6.07) is 99.7. The molecule has 0 saturated carbocycles. The van der Waals surface area contributed by atoms with Crippen LogP contribution in [-0.4, -0.2) is 4.57 Å². The number of thiophene rings is 1. The van der Waals surface area contributed by atoms with Crippen LogP contribution in [0, 0.1) is 48.5 Å². The van der Waals surface area contributed by atoms with Crippen molar-refractivity contribution in [1.29, 1.82) is 0 Å². The summed E-state index contributed by atoms with van der Waals surface area (Å²) in [7, 11) is 0. The van der Waals surface area contributed by atoms with Gasteiger partial charge in [-0.05, 0) is 164 Å². The van der Waals surface area contributed by atoms with Gasteiger partial charge in [0.25, 0.3) is 0 Å². The number of hydrogen-bond acceptors (Lipinski definition) is 2. The van der Waals surface area contributed by atoms with Crippen LogP contribution in [0.5, 0.6) is 0 Å². The maximum absolute atomic E-state index is 7.31. The maximum Gasteiger partial charge on any atom is 0.135 e. The molecule has 0 spiro atoms. The lowest BCUT2D eigenvalue weighted by Crippen LogP contribution is -2.14. The van der Waals surface area contributed by atoms with Crippen LogP contribution in [0.15, 0.2) is 320 Å². The fourth-order valence-corrected chi connectivity index (χ4v) is 13.6. The third-order valence-corrected chi connectivity index (χ3v) is 18.3. The van der Waals surface area contributed by atoms with Gasteiger partial charge in [0.1, 0.15) is 11.2 Å². The third-order valence-electron chi connectivity index (χ3n) is 17.2. The zero-order valence-corrected chi connectivity index (χ0v) is 55.2. The monoisotopic (exact) mass is 1230 g/mol. The lowest BCUT2D eigenvalue weighted by Gasteiger charge is -2.21. The average Bonchev–Trinajstić information content (AvgIpc) is 1.60. The van der Waals surface area contributed by atoms with Crippen molar-refractivity contribution in [2.24, 2.45) is 0 Å². The zero-order valence-electron chi connectivity index (χ0n) is 59.4. The van der Waals surface area contributed by atoms with Gasteiger partial charge in [0, 0.05) is 52.8 Å². The van der Waals surface area contributed by atoms with Gasteiger partial charge in [-0.25, -0.2) is 0 Å². The predicted molar refractivity (Wildman–Crippen MR) is 405 cm³/mol. The smallest absolute Gasteiger partial charge is 0.135 e. The van der Waals surface area contributed by atoms with E-state index in [0.29, 0.717) is 5.56 Å². The molecule has 0 saturated heterocycles. The van der Waals surface area contributed by atoms with Gasteiger partial charge in [0.05, 0.1) is 17.9 Å². The van der Waals surface area contributed by atoms with Crippen molar-refractivity contribution in [1.82, 2.24) is 4.57 Å². The Kier molecular flexibility index (Phi) is 17.2. The third kappa shape index (κ3) is 14.2. The van der Waals surface area contributed by atoms with Gasteiger partial charge in [-0.1, -0.05) is 297 Å². The Morgan fingerprint density at radius 2 is 0.849 bits per heavy atom. The molecule has 0 fully saturated rings. The van der Waals surface area contributed by atoms with E-state index in [-0.39, 0.29) is 35.6 Å². The summed E-state index contributed by atoms with van der Waals surface area (Å²) in [5, 5.41) is 13.1. The van der Waals surface area contributed by atoms with Gasteiger partial charge in [0.2, 0.25) is 0 Å². The Morgan fingerprint density at radius 1 is 0.323 bits per heavy atom. The molecule has 18 rings (SSSR count). The first kappa shape index (κ1) is 56.4. The number of para-hydroxylation sites is 3. The summed E-state index contributed by atoms with van der Waals surface area (Å²) in [5.41, 5.74) is 19.8. The molecule has 3 heteroatoms. The Labute approximate surface area is 559 Å². The number of benzene rings is 14. The molecule has 3 heterocycles. The Balaban J connectivity index is 0.000000110. The molecule has 0 bridgehead atoms. The Bertz CT molecular complexity index is 5490. The van der Waals surface area contributed by atoms with Crippen molar-refractivity contribution in [2.45, 2.75) is 67.7 Å². The van der Waals surface area contributed by atoms with E-state index in [1.54, 1.807) is 0 Å². The zero-order chi connectivity index (χ0) is 68.8. The molecule has 3 aromatic heterocycles. The van der Waals surface area contributed by atoms with Crippen molar-refractivity contribution in [3.05, 3.63) is 365 Å². The number of aromatic nitrogens is 1. The molecule has 0 amide bonds. The highest BCUT2D eigenvalue weighted by atomic mass is 32.1. The molecule has 17 aromatic rings. The predicted octanol–water partition coefficient (Wildman–Crippen LogP) is 25.9. The van der Waals surface area contributed by atoms with E-state index in [0.717, 1.165) is 11.2 Å². The van der Waals surface area contributed by atoms with Crippen LogP contribution in [0.2, 0.25) is 0 Å². The average molecular weight is 1230 g/mol. The molecular weight excluding hydrogens is 1140 g/mol. The van der Waals surface area contributed by atoms with Crippen LogP contribution in [-0.2, 0) is 5.41 Å². The maximum atomic E-state index is 7.31. The largest absolute Gasteiger partial charge is 0.456 e. The molecule has 2 nitrogen and oxygen atoms in total. The number of hydrogen-bond donors (Lipinski definition) is 0. The van der Waals surface area contributed by atoms with Crippen LogP contribution in [0.4, 0.5) is 0 Å². The summed E-state index contributed by atoms with van der Waals surface area (Å²) in [5.74, 6) is 0. The molecule has 456 valence electrons. The first-order valence-corrected chi connectivity index (χ1v) is 32.6. The van der Waals surface area contributed by atoms with Crippen LogP contribution in [0.1, 0.15) is 70.8 Å². The minimum absolute atomic E-state index is 0.124. The van der Waals surface area contributed by atoms with E-state index in [4.69, 9.17) is 11.3 Å². The van der Waals surface area contributed by atoms with Crippen molar-refractivity contribution < 1.29 is 11.3 Å². The van der Waals surface area contributed by atoms with Gasteiger partial charge < -0.3 is 8.98 Å². The number of fused-ring (bicyclic) bond motifs is 14. The van der Waals surface area contributed by atoms with Crippen molar-refractivity contribution >= 4 is 96.8 Å². The van der Waals surface area contributed by atoms with Crippen LogP contribution < -0.4 is 0 Å². The van der Waals surface area contributed by atoms with Gasteiger partial charge in [0.15, 0.2) is 0 Å². The normalized spacial score (nSPS) is 12.3. The molecule has 0 aliphatic heterocycles. The molecular formula is C90H79NOS.